The lowest BCUT2D eigenvalue weighted by atomic mass is 9.80. The van der Waals surface area contributed by atoms with Crippen LogP contribution in [0.1, 0.15) is 17.5 Å². The van der Waals surface area contributed by atoms with Crippen LogP contribution in [0, 0.1) is 0 Å². The van der Waals surface area contributed by atoms with Gasteiger partial charge in [0.05, 0.1) is 25.5 Å². The molecule has 0 heterocycles. The van der Waals surface area contributed by atoms with Gasteiger partial charge in [0, 0.05) is 19.0 Å². The fraction of sp³-hybridized carbons (Fsp3) is 0.333. The van der Waals surface area contributed by atoms with Gasteiger partial charge in [0.25, 0.3) is 0 Å². The molecule has 0 fully saturated rings. The van der Waals surface area contributed by atoms with Gasteiger partial charge >= 0.3 is 11.8 Å². The number of ether oxygens (including phenoxy) is 2. The zero-order chi connectivity index (χ0) is 20.1. The third-order valence-electron chi connectivity index (χ3n) is 4.94. The van der Waals surface area contributed by atoms with E-state index in [1.54, 1.807) is 18.2 Å². The highest BCUT2D eigenvalue weighted by Gasteiger charge is 2.33. The van der Waals surface area contributed by atoms with Gasteiger partial charge in [-0.3, -0.25) is 9.59 Å². The van der Waals surface area contributed by atoms with Crippen LogP contribution in [0.5, 0.6) is 11.5 Å². The van der Waals surface area contributed by atoms with Gasteiger partial charge < -0.3 is 25.2 Å². The second-order valence-corrected chi connectivity index (χ2v) is 6.87. The second kappa shape index (κ2) is 8.31. The van der Waals surface area contributed by atoms with Crippen LogP contribution in [0.3, 0.4) is 0 Å². The lowest BCUT2D eigenvalue weighted by molar-refractivity contribution is -0.136. The van der Waals surface area contributed by atoms with E-state index in [1.807, 2.05) is 24.3 Å². The van der Waals surface area contributed by atoms with Crippen LogP contribution >= 0.6 is 0 Å². The average Bonchev–Trinajstić information content (AvgIpc) is 2.72. The van der Waals surface area contributed by atoms with E-state index in [0.717, 1.165) is 12.0 Å². The number of aryl methyl sites for hydroxylation is 1. The van der Waals surface area contributed by atoms with Crippen LogP contribution in [0.15, 0.2) is 42.5 Å². The van der Waals surface area contributed by atoms with E-state index in [1.165, 1.54) is 19.8 Å². The highest BCUT2D eigenvalue weighted by atomic mass is 16.5. The van der Waals surface area contributed by atoms with Crippen molar-refractivity contribution in [3.05, 3.63) is 53.6 Å². The fourth-order valence-corrected chi connectivity index (χ4v) is 3.34. The fourth-order valence-electron chi connectivity index (χ4n) is 3.34. The van der Waals surface area contributed by atoms with E-state index in [0.29, 0.717) is 30.0 Å². The number of benzene rings is 2. The van der Waals surface area contributed by atoms with Crippen LogP contribution in [-0.2, 0) is 22.4 Å². The van der Waals surface area contributed by atoms with Crippen LogP contribution in [0.4, 0.5) is 5.69 Å². The Bertz CT molecular complexity index is 883. The summed E-state index contributed by atoms with van der Waals surface area (Å²) >= 11 is 0. The predicted molar refractivity (Wildman–Crippen MR) is 105 cm³/mol. The van der Waals surface area contributed by atoms with Crippen molar-refractivity contribution in [2.45, 2.75) is 24.9 Å². The maximum Gasteiger partial charge on any atom is 0.313 e. The Balaban J connectivity index is 1.59. The minimum absolute atomic E-state index is 0.00728. The molecule has 3 rings (SSSR count). The topological polar surface area (TPSA) is 96.9 Å². The number of nitrogens with one attached hydrogen (secondary N) is 2. The molecule has 0 bridgehead atoms. The number of hydrogen-bond donors (Lipinski definition) is 3. The molecule has 0 aromatic heterocycles. The monoisotopic (exact) mass is 384 g/mol. The van der Waals surface area contributed by atoms with Gasteiger partial charge in [0.15, 0.2) is 0 Å². The minimum Gasteiger partial charge on any atom is -0.497 e. The van der Waals surface area contributed by atoms with Gasteiger partial charge in [-0.1, -0.05) is 24.3 Å². The lowest BCUT2D eigenvalue weighted by Gasteiger charge is -2.33. The molecule has 0 saturated heterocycles. The molecule has 7 heteroatoms. The SMILES string of the molecule is COc1ccc(NC(=O)C(=O)NCC2(O)CCc3ccccc3C2)c(OC)c1. The first kappa shape index (κ1) is 19.7. The van der Waals surface area contributed by atoms with Gasteiger partial charge in [-0.25, -0.2) is 0 Å². The molecule has 148 valence electrons. The number of aliphatic hydroxyl groups is 1. The molecule has 3 N–H and O–H groups in total. The summed E-state index contributed by atoms with van der Waals surface area (Å²) in [6, 6.07) is 12.8. The molecule has 7 nitrogen and oxygen atoms in total. The Morgan fingerprint density at radius 1 is 1.07 bits per heavy atom. The number of amides is 2. The number of fused-ring (bicyclic) bond motifs is 1. The first-order valence-electron chi connectivity index (χ1n) is 9.04. The van der Waals surface area contributed by atoms with Crippen molar-refractivity contribution in [2.75, 3.05) is 26.1 Å². The molecular formula is C21H24N2O5. The normalized spacial score (nSPS) is 18.0. The summed E-state index contributed by atoms with van der Waals surface area (Å²) in [4.78, 5) is 24.4. The second-order valence-electron chi connectivity index (χ2n) is 6.87. The van der Waals surface area contributed by atoms with Crippen molar-refractivity contribution in [2.24, 2.45) is 0 Å². The molecule has 1 aliphatic carbocycles. The van der Waals surface area contributed by atoms with E-state index in [4.69, 9.17) is 9.47 Å². The summed E-state index contributed by atoms with van der Waals surface area (Å²) in [7, 11) is 2.98. The largest absolute Gasteiger partial charge is 0.497 e. The summed E-state index contributed by atoms with van der Waals surface area (Å²) in [6.07, 6.45) is 1.70. The van der Waals surface area contributed by atoms with Crippen molar-refractivity contribution in [3.8, 4) is 11.5 Å². The van der Waals surface area contributed by atoms with Crippen molar-refractivity contribution in [3.63, 3.8) is 0 Å². The summed E-state index contributed by atoms with van der Waals surface area (Å²) in [5.74, 6) is -0.699. The highest BCUT2D eigenvalue weighted by molar-refractivity contribution is 6.39. The Morgan fingerprint density at radius 2 is 1.82 bits per heavy atom. The molecular weight excluding hydrogens is 360 g/mol. The third kappa shape index (κ3) is 4.43. The quantitative estimate of drug-likeness (QED) is 0.682. The predicted octanol–water partition coefficient (Wildman–Crippen LogP) is 1.68. The molecule has 2 aromatic carbocycles. The van der Waals surface area contributed by atoms with Crippen LogP contribution in [-0.4, -0.2) is 43.3 Å². The number of hydrogen-bond acceptors (Lipinski definition) is 5. The van der Waals surface area contributed by atoms with Gasteiger partial charge in [0.2, 0.25) is 0 Å². The maximum absolute atomic E-state index is 12.2. The van der Waals surface area contributed by atoms with Gasteiger partial charge in [-0.05, 0) is 36.1 Å². The van der Waals surface area contributed by atoms with E-state index in [9.17, 15) is 14.7 Å². The third-order valence-corrected chi connectivity index (χ3v) is 4.94. The van der Waals surface area contributed by atoms with Crippen LogP contribution < -0.4 is 20.1 Å². The summed E-state index contributed by atoms with van der Waals surface area (Å²) in [5.41, 5.74) is 1.57. The molecule has 28 heavy (non-hydrogen) atoms. The molecule has 0 aliphatic heterocycles. The maximum atomic E-state index is 12.2. The molecule has 2 aromatic rings. The first-order chi connectivity index (χ1) is 13.4. The van der Waals surface area contributed by atoms with E-state index >= 15 is 0 Å². The zero-order valence-electron chi connectivity index (χ0n) is 16.0. The molecule has 1 atom stereocenters. The number of anilines is 1. The summed E-state index contributed by atoms with van der Waals surface area (Å²) < 4.78 is 10.3. The average molecular weight is 384 g/mol. The smallest absolute Gasteiger partial charge is 0.313 e. The minimum atomic E-state index is -1.07. The zero-order valence-corrected chi connectivity index (χ0v) is 16.0. The van der Waals surface area contributed by atoms with Crippen molar-refractivity contribution in [1.29, 1.82) is 0 Å². The first-order valence-corrected chi connectivity index (χ1v) is 9.04. The Kier molecular flexibility index (Phi) is 5.84. The molecule has 0 saturated carbocycles. The molecule has 1 aliphatic rings. The molecule has 1 unspecified atom stereocenters. The Labute approximate surface area is 163 Å². The number of carbonyl (C=O) groups excluding carboxylic acids is 2. The molecule has 2 amide bonds. The van der Waals surface area contributed by atoms with Crippen molar-refractivity contribution >= 4 is 17.5 Å². The number of methoxy groups -OCH3 is 2. The lowest BCUT2D eigenvalue weighted by Crippen LogP contribution is -2.49. The van der Waals surface area contributed by atoms with Gasteiger partial charge in [-0.15, -0.1) is 0 Å². The van der Waals surface area contributed by atoms with E-state index in [2.05, 4.69) is 10.6 Å². The Hall–Kier alpha value is -3.06. The van der Waals surface area contributed by atoms with E-state index < -0.39 is 17.4 Å². The van der Waals surface area contributed by atoms with E-state index in [-0.39, 0.29) is 6.54 Å². The summed E-state index contributed by atoms with van der Waals surface area (Å²) in [6.45, 7) is 0.00728. The van der Waals surface area contributed by atoms with Gasteiger partial charge in [-0.2, -0.15) is 0 Å². The van der Waals surface area contributed by atoms with Crippen molar-refractivity contribution in [1.82, 2.24) is 5.32 Å². The van der Waals surface area contributed by atoms with Crippen molar-refractivity contribution < 1.29 is 24.2 Å². The standard InChI is InChI=1S/C21H24N2O5/c1-27-16-7-8-17(18(11-16)28-2)23-20(25)19(24)22-13-21(26)10-9-14-5-3-4-6-15(14)12-21/h3-8,11,26H,9-10,12-13H2,1-2H3,(H,22,24)(H,23,25). The Morgan fingerprint density at radius 3 is 2.54 bits per heavy atom. The van der Waals surface area contributed by atoms with Crippen LogP contribution in [0.25, 0.3) is 0 Å². The number of rotatable bonds is 5. The summed E-state index contributed by atoms with van der Waals surface area (Å²) in [5, 5.41) is 15.9. The van der Waals surface area contributed by atoms with Gasteiger partial charge in [0.1, 0.15) is 11.5 Å². The molecule has 0 radical (unpaired) electrons. The van der Waals surface area contributed by atoms with Crippen LogP contribution in [0.2, 0.25) is 0 Å². The molecule has 0 spiro atoms. The highest BCUT2D eigenvalue weighted by Crippen LogP contribution is 2.29. The number of carbonyl (C=O) groups is 2.